The average molecular weight is 252 g/mol. The van der Waals surface area contributed by atoms with Gasteiger partial charge in [0.05, 0.1) is 0 Å². The van der Waals surface area contributed by atoms with Crippen molar-refractivity contribution in [2.75, 3.05) is 13.2 Å². The highest BCUT2D eigenvalue weighted by Gasteiger charge is 1.95. The molecule has 1 aromatic rings. The van der Waals surface area contributed by atoms with Crippen LogP contribution in [0.3, 0.4) is 0 Å². The summed E-state index contributed by atoms with van der Waals surface area (Å²) in [7, 11) is 0. The van der Waals surface area contributed by atoms with Crippen LogP contribution in [0.25, 0.3) is 12.2 Å². The molecule has 0 amide bonds. The van der Waals surface area contributed by atoms with Crippen molar-refractivity contribution in [2.45, 2.75) is 6.92 Å². The van der Waals surface area contributed by atoms with Gasteiger partial charge in [-0.05, 0) is 35.6 Å². The third-order valence-electron chi connectivity index (χ3n) is 2.35. The van der Waals surface area contributed by atoms with Crippen molar-refractivity contribution in [1.82, 2.24) is 0 Å². The van der Waals surface area contributed by atoms with Gasteiger partial charge in [-0.25, -0.2) is 0 Å². The van der Waals surface area contributed by atoms with Gasteiger partial charge in [0, 0.05) is 0 Å². The van der Waals surface area contributed by atoms with Crippen LogP contribution >= 0.6 is 0 Å². The number of ether oxygens (including phenoxy) is 2. The zero-order chi connectivity index (χ0) is 14.1. The fourth-order valence-corrected chi connectivity index (χ4v) is 1.50. The first-order chi connectivity index (χ1) is 9.21. The second-order valence-electron chi connectivity index (χ2n) is 3.68. The SMILES string of the molecule is C#CCOC(=C)/C=c1/cc(OCC#C)cc/c1=C/C. The molecule has 0 saturated carbocycles. The Morgan fingerprint density at radius 2 is 2.00 bits per heavy atom. The molecule has 19 heavy (non-hydrogen) atoms. The molecule has 2 heteroatoms. The minimum Gasteiger partial charge on any atom is -0.482 e. The van der Waals surface area contributed by atoms with Gasteiger partial charge in [0.25, 0.3) is 0 Å². The Balaban J connectivity index is 3.10. The molecule has 0 heterocycles. The van der Waals surface area contributed by atoms with Crippen LogP contribution in [-0.4, -0.2) is 13.2 Å². The Bertz CT molecular complexity index is 639. The lowest BCUT2D eigenvalue weighted by atomic mass is 10.2. The van der Waals surface area contributed by atoms with E-state index in [9.17, 15) is 0 Å². The largest absolute Gasteiger partial charge is 0.482 e. The summed E-state index contributed by atoms with van der Waals surface area (Å²) in [5.74, 6) is 6.04. The molecule has 0 aliphatic carbocycles. The third kappa shape index (κ3) is 4.66. The molecule has 2 nitrogen and oxygen atoms in total. The summed E-state index contributed by atoms with van der Waals surface area (Å²) in [4.78, 5) is 0. The van der Waals surface area contributed by atoms with Gasteiger partial charge in [-0.3, -0.25) is 0 Å². The summed E-state index contributed by atoms with van der Waals surface area (Å²) in [5, 5.41) is 2.00. The van der Waals surface area contributed by atoms with E-state index in [-0.39, 0.29) is 13.2 Å². The molecular weight excluding hydrogens is 236 g/mol. The van der Waals surface area contributed by atoms with E-state index in [2.05, 4.69) is 18.4 Å². The van der Waals surface area contributed by atoms with Gasteiger partial charge >= 0.3 is 0 Å². The van der Waals surface area contributed by atoms with Crippen molar-refractivity contribution in [3.8, 4) is 30.4 Å². The van der Waals surface area contributed by atoms with Crippen LogP contribution in [0.15, 0.2) is 30.5 Å². The maximum Gasteiger partial charge on any atom is 0.148 e. The molecule has 1 rings (SSSR count). The molecule has 0 unspecified atom stereocenters. The molecule has 0 spiro atoms. The van der Waals surface area contributed by atoms with Crippen LogP contribution in [0.4, 0.5) is 0 Å². The van der Waals surface area contributed by atoms with E-state index in [0.717, 1.165) is 10.4 Å². The molecule has 0 N–H and O–H groups in total. The molecule has 0 aliphatic heterocycles. The summed E-state index contributed by atoms with van der Waals surface area (Å²) in [6, 6.07) is 5.71. The molecule has 0 bridgehead atoms. The predicted molar refractivity (Wildman–Crippen MR) is 78.5 cm³/mol. The maximum absolute atomic E-state index is 5.39. The van der Waals surface area contributed by atoms with Crippen LogP contribution in [0, 0.1) is 24.7 Å². The first kappa shape index (κ1) is 14.5. The molecule has 96 valence electrons. The second-order valence-corrected chi connectivity index (χ2v) is 3.68. The molecular formula is C17H16O2. The van der Waals surface area contributed by atoms with Crippen LogP contribution < -0.4 is 15.2 Å². The van der Waals surface area contributed by atoms with Crippen molar-refractivity contribution in [1.29, 1.82) is 0 Å². The van der Waals surface area contributed by atoms with Gasteiger partial charge < -0.3 is 9.47 Å². The van der Waals surface area contributed by atoms with Crippen molar-refractivity contribution >= 4 is 12.2 Å². The monoisotopic (exact) mass is 252 g/mol. The first-order valence-electron chi connectivity index (χ1n) is 5.81. The van der Waals surface area contributed by atoms with E-state index in [1.54, 1.807) is 0 Å². The summed E-state index contributed by atoms with van der Waals surface area (Å²) < 4.78 is 10.6. The topological polar surface area (TPSA) is 18.5 Å². The molecule has 0 atom stereocenters. The van der Waals surface area contributed by atoms with Crippen molar-refractivity contribution in [3.63, 3.8) is 0 Å². The standard InChI is InChI=1S/C17H16O2/c1-5-10-18-14(4)12-16-13-17(19-11-6-2)9-8-15(16)7-3/h1-2,7-9,12-13H,4,10-11H2,3H3/b15-7-,16-12-. The highest BCUT2D eigenvalue weighted by molar-refractivity contribution is 5.45. The molecule has 1 aromatic carbocycles. The fraction of sp³-hybridized carbons (Fsp3) is 0.176. The van der Waals surface area contributed by atoms with Crippen LogP contribution in [0.2, 0.25) is 0 Å². The highest BCUT2D eigenvalue weighted by atomic mass is 16.5. The lowest BCUT2D eigenvalue weighted by molar-refractivity contribution is 0.275. The van der Waals surface area contributed by atoms with Gasteiger partial charge in [0.15, 0.2) is 0 Å². The lowest BCUT2D eigenvalue weighted by Gasteiger charge is -2.03. The van der Waals surface area contributed by atoms with Gasteiger partial charge in [0.2, 0.25) is 0 Å². The number of hydrogen-bond donors (Lipinski definition) is 0. The Hall–Kier alpha value is -2.58. The summed E-state index contributed by atoms with van der Waals surface area (Å²) >= 11 is 0. The van der Waals surface area contributed by atoms with E-state index in [0.29, 0.717) is 11.5 Å². The quantitative estimate of drug-likeness (QED) is 0.583. The van der Waals surface area contributed by atoms with Gasteiger partial charge in [-0.1, -0.05) is 30.6 Å². The van der Waals surface area contributed by atoms with Crippen molar-refractivity contribution in [2.24, 2.45) is 0 Å². The predicted octanol–water partition coefficient (Wildman–Crippen LogP) is 1.44. The number of hydrogen-bond acceptors (Lipinski definition) is 2. The van der Waals surface area contributed by atoms with E-state index in [1.165, 1.54) is 0 Å². The Kier molecular flexibility index (Phi) is 5.86. The molecule has 0 aromatic heterocycles. The molecule has 0 fully saturated rings. The average Bonchev–Trinajstić information content (AvgIpc) is 2.43. The van der Waals surface area contributed by atoms with E-state index in [4.69, 9.17) is 22.3 Å². The summed E-state index contributed by atoms with van der Waals surface area (Å²) in [6.07, 6.45) is 14.1. The highest BCUT2D eigenvalue weighted by Crippen LogP contribution is 2.04. The lowest BCUT2D eigenvalue weighted by Crippen LogP contribution is -2.24. The zero-order valence-electron chi connectivity index (χ0n) is 11.0. The molecule has 0 radical (unpaired) electrons. The minimum absolute atomic E-state index is 0.202. The number of terminal acetylenes is 2. The Morgan fingerprint density at radius 1 is 1.26 bits per heavy atom. The van der Waals surface area contributed by atoms with E-state index < -0.39 is 0 Å². The van der Waals surface area contributed by atoms with Crippen molar-refractivity contribution in [3.05, 3.63) is 41.0 Å². The smallest absolute Gasteiger partial charge is 0.148 e. The normalized spacial score (nSPS) is 11.5. The first-order valence-corrected chi connectivity index (χ1v) is 5.81. The maximum atomic E-state index is 5.39. The van der Waals surface area contributed by atoms with Gasteiger partial charge in [0.1, 0.15) is 24.7 Å². The molecule has 0 saturated heterocycles. The van der Waals surface area contributed by atoms with Crippen LogP contribution in [0.1, 0.15) is 6.92 Å². The fourth-order valence-electron chi connectivity index (χ4n) is 1.50. The van der Waals surface area contributed by atoms with Crippen LogP contribution in [0.5, 0.6) is 5.75 Å². The zero-order valence-corrected chi connectivity index (χ0v) is 11.0. The van der Waals surface area contributed by atoms with Gasteiger partial charge in [-0.2, -0.15) is 0 Å². The number of benzene rings is 1. The number of rotatable bonds is 5. The van der Waals surface area contributed by atoms with E-state index >= 15 is 0 Å². The summed E-state index contributed by atoms with van der Waals surface area (Å²) in [5.41, 5.74) is 0. The summed E-state index contributed by atoms with van der Waals surface area (Å²) in [6.45, 7) is 6.19. The van der Waals surface area contributed by atoms with Crippen molar-refractivity contribution < 1.29 is 9.47 Å². The molecule has 0 aliphatic rings. The Morgan fingerprint density at radius 3 is 2.63 bits per heavy atom. The van der Waals surface area contributed by atoms with Crippen LogP contribution in [-0.2, 0) is 4.74 Å². The second kappa shape index (κ2) is 7.69. The number of allylic oxidation sites excluding steroid dienone is 1. The van der Waals surface area contributed by atoms with Gasteiger partial charge in [-0.15, -0.1) is 12.8 Å². The third-order valence-corrected chi connectivity index (χ3v) is 2.35. The van der Waals surface area contributed by atoms with E-state index in [1.807, 2.05) is 37.3 Å². The Labute approximate surface area is 114 Å². The minimum atomic E-state index is 0.202.